The molecule has 0 saturated heterocycles. The van der Waals surface area contributed by atoms with Crippen LogP contribution in [0.4, 0.5) is 0 Å². The van der Waals surface area contributed by atoms with Crippen LogP contribution in [0.25, 0.3) is 0 Å². The SMILES string of the molecule is CCCCSC=C1CCCC(C)(C)C1=O. The van der Waals surface area contributed by atoms with Gasteiger partial charge in [-0.05, 0) is 36.8 Å². The van der Waals surface area contributed by atoms with Crippen LogP contribution in [-0.4, -0.2) is 11.5 Å². The van der Waals surface area contributed by atoms with Gasteiger partial charge < -0.3 is 0 Å². The van der Waals surface area contributed by atoms with Crippen molar-refractivity contribution in [2.45, 2.75) is 52.9 Å². The van der Waals surface area contributed by atoms with Crippen molar-refractivity contribution in [3.63, 3.8) is 0 Å². The molecule has 0 spiro atoms. The number of unbranched alkanes of at least 4 members (excludes halogenated alkanes) is 1. The van der Waals surface area contributed by atoms with Crippen LogP contribution in [0.5, 0.6) is 0 Å². The summed E-state index contributed by atoms with van der Waals surface area (Å²) < 4.78 is 0. The van der Waals surface area contributed by atoms with Crippen LogP contribution in [0.15, 0.2) is 11.0 Å². The molecule has 15 heavy (non-hydrogen) atoms. The molecule has 1 aliphatic carbocycles. The summed E-state index contributed by atoms with van der Waals surface area (Å²) in [4.78, 5) is 12.0. The normalized spacial score (nSPS) is 23.4. The Morgan fingerprint density at radius 2 is 2.20 bits per heavy atom. The molecule has 0 aromatic heterocycles. The predicted octanol–water partition coefficient (Wildman–Crippen LogP) is 4.18. The van der Waals surface area contributed by atoms with Gasteiger partial charge in [-0.3, -0.25) is 4.79 Å². The van der Waals surface area contributed by atoms with Gasteiger partial charge >= 0.3 is 0 Å². The van der Waals surface area contributed by atoms with Crippen LogP contribution < -0.4 is 0 Å². The van der Waals surface area contributed by atoms with Crippen LogP contribution in [-0.2, 0) is 4.79 Å². The third-order valence-electron chi connectivity index (χ3n) is 3.00. The molecule has 1 saturated carbocycles. The molecule has 1 rings (SSSR count). The average molecular weight is 226 g/mol. The number of hydrogen-bond acceptors (Lipinski definition) is 2. The highest BCUT2D eigenvalue weighted by Crippen LogP contribution is 2.35. The number of hydrogen-bond donors (Lipinski definition) is 0. The van der Waals surface area contributed by atoms with Crippen LogP contribution in [0.3, 0.4) is 0 Å². The number of ketones is 1. The summed E-state index contributed by atoms with van der Waals surface area (Å²) in [6, 6.07) is 0. The first kappa shape index (κ1) is 12.8. The van der Waals surface area contributed by atoms with Crippen molar-refractivity contribution in [1.82, 2.24) is 0 Å². The fourth-order valence-corrected chi connectivity index (χ4v) is 2.88. The molecule has 0 unspecified atom stereocenters. The zero-order chi connectivity index (χ0) is 11.3. The van der Waals surface area contributed by atoms with Crippen molar-refractivity contribution in [3.8, 4) is 0 Å². The van der Waals surface area contributed by atoms with Gasteiger partial charge in [-0.1, -0.05) is 27.2 Å². The van der Waals surface area contributed by atoms with E-state index in [2.05, 4.69) is 26.2 Å². The topological polar surface area (TPSA) is 17.1 Å². The van der Waals surface area contributed by atoms with E-state index < -0.39 is 0 Å². The van der Waals surface area contributed by atoms with Crippen LogP contribution in [0, 0.1) is 5.41 Å². The molecule has 0 atom stereocenters. The van der Waals surface area contributed by atoms with E-state index >= 15 is 0 Å². The molecule has 1 fully saturated rings. The number of rotatable bonds is 4. The summed E-state index contributed by atoms with van der Waals surface area (Å²) in [5.74, 6) is 1.52. The number of allylic oxidation sites excluding steroid dienone is 1. The van der Waals surface area contributed by atoms with E-state index in [1.165, 1.54) is 19.3 Å². The highest BCUT2D eigenvalue weighted by molar-refractivity contribution is 8.02. The summed E-state index contributed by atoms with van der Waals surface area (Å²) in [5.41, 5.74) is 0.947. The van der Waals surface area contributed by atoms with Gasteiger partial charge in [0.2, 0.25) is 0 Å². The molecule has 0 amide bonds. The second kappa shape index (κ2) is 5.74. The minimum absolute atomic E-state index is 0.116. The van der Waals surface area contributed by atoms with Crippen molar-refractivity contribution in [3.05, 3.63) is 11.0 Å². The molecule has 1 nitrogen and oxygen atoms in total. The third kappa shape index (κ3) is 3.67. The zero-order valence-corrected chi connectivity index (χ0v) is 11.0. The maximum atomic E-state index is 12.0. The summed E-state index contributed by atoms with van der Waals surface area (Å²) in [7, 11) is 0. The largest absolute Gasteiger partial charge is 0.294 e. The minimum atomic E-state index is -0.116. The maximum absolute atomic E-state index is 12.0. The number of Topliss-reactive ketones (excluding diaryl/α,β-unsaturated/α-hetero) is 1. The maximum Gasteiger partial charge on any atom is 0.164 e. The van der Waals surface area contributed by atoms with Crippen molar-refractivity contribution in [2.75, 3.05) is 5.75 Å². The number of carbonyl (C=O) groups is 1. The summed E-state index contributed by atoms with van der Waals surface area (Å²) in [6.07, 6.45) is 5.67. The van der Waals surface area contributed by atoms with E-state index in [-0.39, 0.29) is 5.41 Å². The molecule has 0 aromatic carbocycles. The quantitative estimate of drug-likeness (QED) is 0.528. The lowest BCUT2D eigenvalue weighted by Crippen LogP contribution is -2.29. The van der Waals surface area contributed by atoms with Gasteiger partial charge in [-0.25, -0.2) is 0 Å². The number of carbonyl (C=O) groups excluding carboxylic acids is 1. The number of thioether (sulfide) groups is 1. The van der Waals surface area contributed by atoms with E-state index in [4.69, 9.17) is 0 Å². The Balaban J connectivity index is 2.50. The molecule has 86 valence electrons. The molecule has 0 radical (unpaired) electrons. The lowest BCUT2D eigenvalue weighted by atomic mass is 9.74. The molecule has 0 aromatic rings. The van der Waals surface area contributed by atoms with Crippen LogP contribution in [0.2, 0.25) is 0 Å². The zero-order valence-electron chi connectivity index (χ0n) is 10.1. The highest BCUT2D eigenvalue weighted by Gasteiger charge is 2.33. The van der Waals surface area contributed by atoms with Gasteiger partial charge in [0.25, 0.3) is 0 Å². The Hall–Kier alpha value is -0.240. The lowest BCUT2D eigenvalue weighted by molar-refractivity contribution is -0.124. The van der Waals surface area contributed by atoms with Crippen LogP contribution in [0.1, 0.15) is 52.9 Å². The van der Waals surface area contributed by atoms with E-state index in [1.807, 2.05) is 0 Å². The van der Waals surface area contributed by atoms with E-state index in [9.17, 15) is 4.79 Å². The Kier molecular flexibility index (Phi) is 4.91. The average Bonchev–Trinajstić information content (AvgIpc) is 2.19. The molecule has 1 aliphatic rings. The highest BCUT2D eigenvalue weighted by atomic mass is 32.2. The first-order valence-electron chi connectivity index (χ1n) is 5.93. The fraction of sp³-hybridized carbons (Fsp3) is 0.769. The fourth-order valence-electron chi connectivity index (χ4n) is 1.88. The van der Waals surface area contributed by atoms with Crippen molar-refractivity contribution in [1.29, 1.82) is 0 Å². The first-order valence-corrected chi connectivity index (χ1v) is 6.98. The van der Waals surface area contributed by atoms with Gasteiger partial charge in [-0.15, -0.1) is 11.8 Å². The van der Waals surface area contributed by atoms with E-state index in [1.54, 1.807) is 11.8 Å². The Morgan fingerprint density at radius 3 is 2.87 bits per heavy atom. The van der Waals surface area contributed by atoms with Crippen molar-refractivity contribution >= 4 is 17.5 Å². The standard InChI is InChI=1S/C13H22OS/c1-4-5-9-15-10-11-7-6-8-13(2,3)12(11)14/h10H,4-9H2,1-3H3. The predicted molar refractivity (Wildman–Crippen MR) is 68.1 cm³/mol. The Bertz CT molecular complexity index is 253. The third-order valence-corrected chi connectivity index (χ3v) is 3.97. The molecule has 0 N–H and O–H groups in total. The Labute approximate surface area is 97.7 Å². The summed E-state index contributed by atoms with van der Waals surface area (Å²) in [5, 5.41) is 2.11. The summed E-state index contributed by atoms with van der Waals surface area (Å²) in [6.45, 7) is 6.33. The van der Waals surface area contributed by atoms with Crippen molar-refractivity contribution < 1.29 is 4.79 Å². The monoisotopic (exact) mass is 226 g/mol. The molecular formula is C13H22OS. The molecule has 2 heteroatoms. The lowest BCUT2D eigenvalue weighted by Gasteiger charge is -2.29. The van der Waals surface area contributed by atoms with Gasteiger partial charge in [0, 0.05) is 11.0 Å². The molecule has 0 aliphatic heterocycles. The molecular weight excluding hydrogens is 204 g/mol. The van der Waals surface area contributed by atoms with E-state index in [0.29, 0.717) is 5.78 Å². The second-order valence-electron chi connectivity index (χ2n) is 4.93. The van der Waals surface area contributed by atoms with Gasteiger partial charge in [0.15, 0.2) is 5.78 Å². The first-order chi connectivity index (χ1) is 7.08. The minimum Gasteiger partial charge on any atom is -0.294 e. The Morgan fingerprint density at radius 1 is 1.47 bits per heavy atom. The summed E-state index contributed by atoms with van der Waals surface area (Å²) >= 11 is 1.81. The van der Waals surface area contributed by atoms with E-state index in [0.717, 1.165) is 24.2 Å². The van der Waals surface area contributed by atoms with Crippen molar-refractivity contribution in [2.24, 2.45) is 5.41 Å². The smallest absolute Gasteiger partial charge is 0.164 e. The second-order valence-corrected chi connectivity index (χ2v) is 5.91. The molecule has 0 heterocycles. The van der Waals surface area contributed by atoms with Crippen LogP contribution >= 0.6 is 11.8 Å². The van der Waals surface area contributed by atoms with Gasteiger partial charge in [0.05, 0.1) is 0 Å². The van der Waals surface area contributed by atoms with Gasteiger partial charge in [0.1, 0.15) is 0 Å². The molecule has 0 bridgehead atoms. The van der Waals surface area contributed by atoms with Gasteiger partial charge in [-0.2, -0.15) is 0 Å².